The molecule has 1 aliphatic carbocycles. The third-order valence-corrected chi connectivity index (χ3v) is 5.12. The van der Waals surface area contributed by atoms with E-state index >= 15 is 0 Å². The molecule has 2 aliphatic rings. The predicted octanol–water partition coefficient (Wildman–Crippen LogP) is 2.62. The number of ether oxygens (including phenoxy) is 1. The molecule has 26 heavy (non-hydrogen) atoms. The summed E-state index contributed by atoms with van der Waals surface area (Å²) >= 11 is 0. The van der Waals surface area contributed by atoms with Gasteiger partial charge in [-0.05, 0) is 29.5 Å². The minimum absolute atomic E-state index is 0.0234. The SMILES string of the molecule is COc1ccc([C@H]2C3=C(CC(C)(C)CC3=O)Nc3[nH][nH]c(=O)c32)cc1O. The Kier molecular flexibility index (Phi) is 3.50. The molecule has 0 fully saturated rings. The van der Waals surface area contributed by atoms with E-state index in [-0.39, 0.29) is 22.5 Å². The summed E-state index contributed by atoms with van der Waals surface area (Å²) in [6.07, 6.45) is 1.13. The summed E-state index contributed by atoms with van der Waals surface area (Å²) in [5, 5.41) is 18.9. The average molecular weight is 355 g/mol. The lowest BCUT2D eigenvalue weighted by molar-refractivity contribution is -0.118. The summed E-state index contributed by atoms with van der Waals surface area (Å²) in [4.78, 5) is 25.4. The van der Waals surface area contributed by atoms with Crippen molar-refractivity contribution in [2.45, 2.75) is 32.6 Å². The molecule has 1 atom stereocenters. The Morgan fingerprint density at radius 3 is 2.65 bits per heavy atom. The summed E-state index contributed by atoms with van der Waals surface area (Å²) in [5.41, 5.74) is 2.14. The first-order valence-corrected chi connectivity index (χ1v) is 8.51. The van der Waals surface area contributed by atoms with Crippen LogP contribution in [-0.4, -0.2) is 28.2 Å². The van der Waals surface area contributed by atoms with Gasteiger partial charge in [-0.2, -0.15) is 0 Å². The molecule has 0 spiro atoms. The van der Waals surface area contributed by atoms with Crippen LogP contribution in [0.1, 0.15) is 43.7 Å². The van der Waals surface area contributed by atoms with Crippen molar-refractivity contribution in [2.24, 2.45) is 5.41 Å². The zero-order valence-corrected chi connectivity index (χ0v) is 14.9. The fourth-order valence-electron chi connectivity index (χ4n) is 4.04. The van der Waals surface area contributed by atoms with Gasteiger partial charge in [0.25, 0.3) is 5.56 Å². The Bertz CT molecular complexity index is 996. The first-order chi connectivity index (χ1) is 12.3. The molecule has 7 nitrogen and oxygen atoms in total. The first-order valence-electron chi connectivity index (χ1n) is 8.51. The van der Waals surface area contributed by atoms with E-state index in [1.165, 1.54) is 7.11 Å². The van der Waals surface area contributed by atoms with Gasteiger partial charge in [0.15, 0.2) is 17.3 Å². The van der Waals surface area contributed by atoms with Crippen molar-refractivity contribution in [2.75, 3.05) is 12.4 Å². The first kappa shape index (κ1) is 16.5. The molecule has 0 radical (unpaired) electrons. The van der Waals surface area contributed by atoms with Crippen LogP contribution in [0.2, 0.25) is 0 Å². The lowest BCUT2D eigenvalue weighted by atomic mass is 9.69. The van der Waals surface area contributed by atoms with Gasteiger partial charge in [-0.3, -0.25) is 19.8 Å². The minimum atomic E-state index is -0.531. The Hall–Kier alpha value is -2.96. The van der Waals surface area contributed by atoms with Crippen LogP contribution in [0.15, 0.2) is 34.3 Å². The van der Waals surface area contributed by atoms with Gasteiger partial charge < -0.3 is 15.2 Å². The van der Waals surface area contributed by atoms with Gasteiger partial charge in [-0.25, -0.2) is 0 Å². The number of benzene rings is 1. The number of carbonyl (C=O) groups excluding carboxylic acids is 1. The quantitative estimate of drug-likeness (QED) is 0.662. The zero-order chi connectivity index (χ0) is 18.6. The van der Waals surface area contributed by atoms with E-state index in [2.05, 4.69) is 29.4 Å². The summed E-state index contributed by atoms with van der Waals surface area (Å²) in [6.45, 7) is 4.11. The fraction of sp³-hybridized carbons (Fsp3) is 0.368. The van der Waals surface area contributed by atoms with Gasteiger partial charge in [0.2, 0.25) is 0 Å². The number of fused-ring (bicyclic) bond motifs is 1. The number of H-pyrrole nitrogens is 2. The molecule has 1 aromatic heterocycles. The smallest absolute Gasteiger partial charge is 0.270 e. The second-order valence-electron chi connectivity index (χ2n) is 7.69. The van der Waals surface area contributed by atoms with Crippen LogP contribution in [-0.2, 0) is 4.79 Å². The summed E-state index contributed by atoms with van der Waals surface area (Å²) in [5.74, 6) is 0.380. The molecule has 1 aliphatic heterocycles. The van der Waals surface area contributed by atoms with Gasteiger partial charge in [0.1, 0.15) is 5.82 Å². The lowest BCUT2D eigenvalue weighted by Gasteiger charge is -2.37. The van der Waals surface area contributed by atoms with Crippen LogP contribution in [0.4, 0.5) is 5.82 Å². The van der Waals surface area contributed by atoms with Gasteiger partial charge in [0, 0.05) is 23.6 Å². The molecule has 0 bridgehead atoms. The van der Waals surface area contributed by atoms with E-state index in [0.29, 0.717) is 41.1 Å². The van der Waals surface area contributed by atoms with Crippen molar-refractivity contribution < 1.29 is 14.6 Å². The Morgan fingerprint density at radius 2 is 1.96 bits per heavy atom. The number of rotatable bonds is 2. The number of phenols is 1. The number of carbonyl (C=O) groups is 1. The van der Waals surface area contributed by atoms with Gasteiger partial charge in [0.05, 0.1) is 12.7 Å². The normalized spacial score (nSPS) is 21.0. The highest BCUT2D eigenvalue weighted by atomic mass is 16.5. The van der Waals surface area contributed by atoms with Crippen molar-refractivity contribution in [3.8, 4) is 11.5 Å². The molecular formula is C19H21N3O4. The van der Waals surface area contributed by atoms with Crippen molar-refractivity contribution in [1.29, 1.82) is 0 Å². The maximum absolute atomic E-state index is 13.0. The number of hydrogen-bond donors (Lipinski definition) is 4. The van der Waals surface area contributed by atoms with Gasteiger partial charge in [-0.15, -0.1) is 0 Å². The highest BCUT2D eigenvalue weighted by Crippen LogP contribution is 2.48. The van der Waals surface area contributed by atoms with E-state index in [1.807, 2.05) is 0 Å². The lowest BCUT2D eigenvalue weighted by Crippen LogP contribution is -2.34. The largest absolute Gasteiger partial charge is 0.504 e. The molecule has 0 unspecified atom stereocenters. The van der Waals surface area contributed by atoms with E-state index in [4.69, 9.17) is 4.74 Å². The molecule has 4 N–H and O–H groups in total. The number of nitrogens with one attached hydrogen (secondary N) is 3. The maximum atomic E-state index is 13.0. The summed E-state index contributed by atoms with van der Waals surface area (Å²) in [7, 11) is 1.47. The second-order valence-corrected chi connectivity index (χ2v) is 7.69. The second kappa shape index (κ2) is 5.52. The molecule has 0 amide bonds. The Balaban J connectivity index is 1.93. The maximum Gasteiger partial charge on any atom is 0.270 e. The Morgan fingerprint density at radius 1 is 1.19 bits per heavy atom. The minimum Gasteiger partial charge on any atom is -0.504 e. The highest BCUT2D eigenvalue weighted by Gasteiger charge is 2.42. The van der Waals surface area contributed by atoms with Crippen LogP contribution in [0.3, 0.4) is 0 Å². The number of allylic oxidation sites excluding steroid dienone is 2. The van der Waals surface area contributed by atoms with E-state index in [9.17, 15) is 14.7 Å². The molecule has 7 heteroatoms. The van der Waals surface area contributed by atoms with E-state index < -0.39 is 5.92 Å². The van der Waals surface area contributed by atoms with Gasteiger partial charge in [-0.1, -0.05) is 19.9 Å². The predicted molar refractivity (Wildman–Crippen MR) is 96.6 cm³/mol. The van der Waals surface area contributed by atoms with Gasteiger partial charge >= 0.3 is 0 Å². The van der Waals surface area contributed by atoms with E-state index in [1.54, 1.807) is 18.2 Å². The van der Waals surface area contributed by atoms with Crippen LogP contribution in [0.25, 0.3) is 0 Å². The highest BCUT2D eigenvalue weighted by molar-refractivity contribution is 6.01. The summed E-state index contributed by atoms with van der Waals surface area (Å²) in [6, 6.07) is 4.98. The molecule has 4 rings (SSSR count). The molecule has 2 aromatic rings. The van der Waals surface area contributed by atoms with Crippen LogP contribution in [0.5, 0.6) is 11.5 Å². The van der Waals surface area contributed by atoms with Crippen molar-refractivity contribution in [3.05, 3.63) is 50.9 Å². The third-order valence-electron chi connectivity index (χ3n) is 5.12. The number of hydrogen-bond acceptors (Lipinski definition) is 5. The number of methoxy groups -OCH3 is 1. The number of ketones is 1. The molecule has 136 valence electrons. The van der Waals surface area contributed by atoms with Crippen LogP contribution in [0, 0.1) is 5.41 Å². The number of Topliss-reactive ketones (excluding diaryl/α,β-unsaturated/α-hetero) is 1. The molecular weight excluding hydrogens is 334 g/mol. The summed E-state index contributed by atoms with van der Waals surface area (Å²) < 4.78 is 5.11. The van der Waals surface area contributed by atoms with Crippen molar-refractivity contribution >= 4 is 11.6 Å². The topological polar surface area (TPSA) is 107 Å². The standard InChI is InChI=1S/C19H21N3O4/c1-19(2)7-10-15(12(24)8-19)14(16-17(20-10)21-22-18(16)25)9-4-5-13(26-3)11(23)6-9/h4-6,14,23H,7-8H2,1-3H3,(H3,20,21,22,25)/t14-/m0/s1. The van der Waals surface area contributed by atoms with E-state index in [0.717, 1.165) is 5.70 Å². The zero-order valence-electron chi connectivity index (χ0n) is 14.9. The molecule has 1 aromatic carbocycles. The third kappa shape index (κ3) is 2.42. The van der Waals surface area contributed by atoms with Crippen LogP contribution < -0.4 is 15.6 Å². The molecule has 2 heterocycles. The van der Waals surface area contributed by atoms with Crippen molar-refractivity contribution in [1.82, 2.24) is 10.2 Å². The number of aromatic hydroxyl groups is 1. The fourth-order valence-corrected chi connectivity index (χ4v) is 4.04. The molecule has 0 saturated carbocycles. The number of phenolic OH excluding ortho intramolecular Hbond substituents is 1. The molecule has 0 saturated heterocycles. The number of aromatic amines is 2. The number of aromatic nitrogens is 2. The monoisotopic (exact) mass is 355 g/mol. The van der Waals surface area contributed by atoms with Crippen molar-refractivity contribution in [3.63, 3.8) is 0 Å². The number of anilines is 1. The van der Waals surface area contributed by atoms with Crippen LogP contribution >= 0.6 is 0 Å². The Labute approximate surface area is 150 Å². The average Bonchev–Trinajstić information content (AvgIpc) is 2.92.